The summed E-state index contributed by atoms with van der Waals surface area (Å²) in [5.74, 6) is 1.47. The molecule has 0 amide bonds. The fourth-order valence-corrected chi connectivity index (χ4v) is 7.38. The summed E-state index contributed by atoms with van der Waals surface area (Å²) in [4.78, 5) is 10.2. The van der Waals surface area contributed by atoms with Gasteiger partial charge in [0.25, 0.3) is 0 Å². The lowest BCUT2D eigenvalue weighted by Gasteiger charge is -2.24. The molecule has 0 aromatic heterocycles. The molecular formula is C49H35N3. The van der Waals surface area contributed by atoms with Crippen molar-refractivity contribution in [2.75, 3.05) is 0 Å². The second-order valence-electron chi connectivity index (χ2n) is 13.1. The fraction of sp³-hybridized carbons (Fsp3) is 0.0204. The molecule has 52 heavy (non-hydrogen) atoms. The van der Waals surface area contributed by atoms with Gasteiger partial charge in [-0.3, -0.25) is 0 Å². The van der Waals surface area contributed by atoms with E-state index < -0.39 is 0 Å². The van der Waals surface area contributed by atoms with E-state index in [0.717, 1.165) is 44.8 Å². The van der Waals surface area contributed by atoms with Gasteiger partial charge in [0.2, 0.25) is 0 Å². The van der Waals surface area contributed by atoms with E-state index in [1.54, 1.807) is 0 Å². The molecule has 1 N–H and O–H groups in total. The minimum Gasteiger partial charge on any atom is -0.344 e. The molecule has 1 heterocycles. The highest BCUT2D eigenvalue weighted by molar-refractivity contribution is 6.17. The van der Waals surface area contributed by atoms with Gasteiger partial charge in [-0.15, -0.1) is 0 Å². The summed E-state index contributed by atoms with van der Waals surface area (Å²) >= 11 is 0. The van der Waals surface area contributed by atoms with Gasteiger partial charge < -0.3 is 5.32 Å². The number of amidine groups is 2. The highest BCUT2D eigenvalue weighted by Crippen LogP contribution is 2.48. The van der Waals surface area contributed by atoms with Crippen LogP contribution in [-0.4, -0.2) is 11.7 Å². The van der Waals surface area contributed by atoms with Crippen molar-refractivity contribution in [2.45, 2.75) is 6.17 Å². The van der Waals surface area contributed by atoms with E-state index in [1.165, 1.54) is 38.6 Å². The van der Waals surface area contributed by atoms with Crippen molar-refractivity contribution in [3.8, 4) is 33.4 Å². The second kappa shape index (κ2) is 13.5. The van der Waals surface area contributed by atoms with Crippen LogP contribution in [0.4, 0.5) is 0 Å². The molecule has 0 bridgehead atoms. The first kappa shape index (κ1) is 31.2. The van der Waals surface area contributed by atoms with Crippen LogP contribution in [0, 0.1) is 0 Å². The standard InChI is InChI=1S/C49H35N3/c1-2-15-33(26-27-35-28-29-45-43-23-13-12-22-42(43)44-25-14-24-41(35)46(44)45)38-30-39(34-16-6-3-7-17-34)32-40(31-38)49-51-47(36-18-8-4-9-19-36)50-48(52-49)37-20-10-5-11-21-37/h2-32,47H,1H2,(H,50,51,52)/b27-26+,33-15+. The van der Waals surface area contributed by atoms with E-state index in [4.69, 9.17) is 9.98 Å². The lowest BCUT2D eigenvalue weighted by atomic mass is 9.93. The Hall–Kier alpha value is -6.84. The number of nitrogens with zero attached hydrogens (tertiary/aromatic N) is 2. The molecule has 1 atom stereocenters. The largest absolute Gasteiger partial charge is 0.344 e. The van der Waals surface area contributed by atoms with Crippen molar-refractivity contribution in [3.63, 3.8) is 0 Å². The first-order valence-corrected chi connectivity index (χ1v) is 17.6. The molecule has 9 rings (SSSR count). The molecule has 3 heteroatoms. The molecular weight excluding hydrogens is 631 g/mol. The predicted molar refractivity (Wildman–Crippen MR) is 219 cm³/mol. The Morgan fingerprint density at radius 1 is 0.577 bits per heavy atom. The third-order valence-corrected chi connectivity index (χ3v) is 9.86. The molecule has 1 unspecified atom stereocenters. The predicted octanol–water partition coefficient (Wildman–Crippen LogP) is 11.9. The minimum atomic E-state index is -0.286. The Bertz CT molecular complexity index is 2560. The molecule has 3 nitrogen and oxygen atoms in total. The van der Waals surface area contributed by atoms with Crippen LogP contribution in [0.1, 0.15) is 34.0 Å². The van der Waals surface area contributed by atoms with Gasteiger partial charge in [-0.25, -0.2) is 9.98 Å². The minimum absolute atomic E-state index is 0.286. The third kappa shape index (κ3) is 5.78. The van der Waals surface area contributed by atoms with Crippen molar-refractivity contribution >= 4 is 34.1 Å². The molecule has 0 saturated carbocycles. The van der Waals surface area contributed by atoms with Gasteiger partial charge in [0, 0.05) is 11.1 Å². The highest BCUT2D eigenvalue weighted by Gasteiger charge is 2.23. The van der Waals surface area contributed by atoms with E-state index >= 15 is 0 Å². The van der Waals surface area contributed by atoms with Crippen LogP contribution in [0.15, 0.2) is 199 Å². The first-order valence-electron chi connectivity index (χ1n) is 17.6. The number of hydrogen-bond acceptors (Lipinski definition) is 3. The van der Waals surface area contributed by atoms with Crippen LogP contribution >= 0.6 is 0 Å². The van der Waals surface area contributed by atoms with Crippen molar-refractivity contribution in [3.05, 3.63) is 216 Å². The first-order chi connectivity index (χ1) is 25.7. The van der Waals surface area contributed by atoms with Crippen LogP contribution in [0.2, 0.25) is 0 Å². The molecule has 7 aromatic rings. The zero-order chi connectivity index (χ0) is 34.9. The van der Waals surface area contributed by atoms with Gasteiger partial charge in [-0.2, -0.15) is 0 Å². The maximum Gasteiger partial charge on any atom is 0.159 e. The lowest BCUT2D eigenvalue weighted by molar-refractivity contribution is 0.674. The molecule has 0 radical (unpaired) electrons. The van der Waals surface area contributed by atoms with Crippen LogP contribution in [-0.2, 0) is 0 Å². The number of aliphatic imine (C=N–C) groups is 2. The normalized spacial score (nSPS) is 14.8. The third-order valence-electron chi connectivity index (χ3n) is 9.86. The van der Waals surface area contributed by atoms with E-state index in [0.29, 0.717) is 5.84 Å². The fourth-order valence-electron chi connectivity index (χ4n) is 7.38. The maximum absolute atomic E-state index is 5.14. The monoisotopic (exact) mass is 665 g/mol. The van der Waals surface area contributed by atoms with Crippen LogP contribution < -0.4 is 5.32 Å². The number of nitrogens with one attached hydrogen (secondary N) is 1. The average Bonchev–Trinajstić information content (AvgIpc) is 3.55. The van der Waals surface area contributed by atoms with Gasteiger partial charge in [-0.1, -0.05) is 176 Å². The second-order valence-corrected chi connectivity index (χ2v) is 13.1. The number of hydrogen-bond donors (Lipinski definition) is 1. The van der Waals surface area contributed by atoms with Crippen molar-refractivity contribution in [1.29, 1.82) is 0 Å². The van der Waals surface area contributed by atoms with E-state index in [2.05, 4.69) is 158 Å². The zero-order valence-corrected chi connectivity index (χ0v) is 28.6. The Morgan fingerprint density at radius 2 is 1.21 bits per heavy atom. The molecule has 0 saturated heterocycles. The molecule has 0 spiro atoms. The number of benzene rings is 7. The molecule has 2 aliphatic rings. The van der Waals surface area contributed by atoms with E-state index in [9.17, 15) is 0 Å². The summed E-state index contributed by atoms with van der Waals surface area (Å²) < 4.78 is 0. The van der Waals surface area contributed by atoms with E-state index in [-0.39, 0.29) is 6.17 Å². The summed E-state index contributed by atoms with van der Waals surface area (Å²) in [6.45, 7) is 4.10. The Morgan fingerprint density at radius 3 is 1.94 bits per heavy atom. The summed E-state index contributed by atoms with van der Waals surface area (Å²) in [6, 6.07) is 57.6. The van der Waals surface area contributed by atoms with Crippen molar-refractivity contribution in [2.24, 2.45) is 9.98 Å². The molecule has 1 aliphatic heterocycles. The van der Waals surface area contributed by atoms with Gasteiger partial charge in [0.1, 0.15) is 12.0 Å². The van der Waals surface area contributed by atoms with Crippen LogP contribution in [0.5, 0.6) is 0 Å². The summed E-state index contributed by atoms with van der Waals surface area (Å²) in [5, 5.41) is 6.24. The zero-order valence-electron chi connectivity index (χ0n) is 28.6. The van der Waals surface area contributed by atoms with Gasteiger partial charge >= 0.3 is 0 Å². The lowest BCUT2D eigenvalue weighted by Crippen LogP contribution is -2.33. The SMILES string of the molecule is C=C/C=C(\C=C\c1ccc2c3c(cccc13)-c1ccccc1-2)c1cc(C2=NC(c3ccccc3)=NC(c3ccccc3)N2)cc(-c2ccccc2)c1. The van der Waals surface area contributed by atoms with Gasteiger partial charge in [0.15, 0.2) is 5.84 Å². The molecule has 7 aromatic carbocycles. The Kier molecular flexibility index (Phi) is 8.07. The highest BCUT2D eigenvalue weighted by atomic mass is 15.2. The Labute approximate surface area is 304 Å². The van der Waals surface area contributed by atoms with Gasteiger partial charge in [0.05, 0.1) is 0 Å². The van der Waals surface area contributed by atoms with Crippen molar-refractivity contribution < 1.29 is 0 Å². The van der Waals surface area contributed by atoms with Gasteiger partial charge in [-0.05, 0) is 84.6 Å². The van der Waals surface area contributed by atoms with Crippen LogP contribution in [0.25, 0.3) is 55.8 Å². The summed E-state index contributed by atoms with van der Waals surface area (Å²) in [5.41, 5.74) is 13.8. The number of allylic oxidation sites excluding steroid dienone is 4. The van der Waals surface area contributed by atoms with Crippen molar-refractivity contribution in [1.82, 2.24) is 5.32 Å². The Balaban J connectivity index is 1.16. The smallest absolute Gasteiger partial charge is 0.159 e. The number of rotatable bonds is 8. The summed E-state index contributed by atoms with van der Waals surface area (Å²) in [6.07, 6.45) is 8.10. The maximum atomic E-state index is 5.14. The van der Waals surface area contributed by atoms with E-state index in [1.807, 2.05) is 42.5 Å². The number of fused-ring (bicyclic) bond motifs is 3. The topological polar surface area (TPSA) is 36.8 Å². The summed E-state index contributed by atoms with van der Waals surface area (Å²) in [7, 11) is 0. The molecule has 0 fully saturated rings. The molecule has 246 valence electrons. The van der Waals surface area contributed by atoms with Crippen LogP contribution in [0.3, 0.4) is 0 Å². The molecule has 1 aliphatic carbocycles. The average molecular weight is 666 g/mol. The quantitative estimate of drug-likeness (QED) is 0.161.